The Hall–Kier alpha value is -5.57. The number of halogens is 1. The number of carbonyl (C=O) groups excluding carboxylic acids is 1. The third kappa shape index (κ3) is 5.78. The smallest absolute Gasteiger partial charge is 0.324 e. The van der Waals surface area contributed by atoms with Gasteiger partial charge in [0.25, 0.3) is 0 Å². The molecule has 0 aliphatic rings. The first kappa shape index (κ1) is 26.1. The molecule has 3 heterocycles. The average Bonchev–Trinajstić information content (AvgIpc) is 3.57. The number of anilines is 2. The zero-order valence-electron chi connectivity index (χ0n) is 21.8. The summed E-state index contributed by atoms with van der Waals surface area (Å²) < 4.78 is 23.6. The van der Waals surface area contributed by atoms with Gasteiger partial charge in [0, 0.05) is 37.1 Å². The van der Waals surface area contributed by atoms with Crippen LogP contribution in [-0.4, -0.2) is 35.6 Å². The van der Waals surface area contributed by atoms with E-state index in [1.54, 1.807) is 65.2 Å². The molecule has 200 valence electrons. The molecule has 40 heavy (non-hydrogen) atoms. The Labute approximate surface area is 228 Å². The van der Waals surface area contributed by atoms with Crippen molar-refractivity contribution in [3.8, 4) is 34.8 Å². The van der Waals surface area contributed by atoms with Crippen LogP contribution in [0.1, 0.15) is 31.0 Å². The van der Waals surface area contributed by atoms with Gasteiger partial charge in [-0.25, -0.2) is 18.9 Å². The average molecular weight is 538 g/mol. The van der Waals surface area contributed by atoms with E-state index in [9.17, 15) is 9.18 Å². The second kappa shape index (κ2) is 11.0. The number of urea groups is 1. The van der Waals surface area contributed by atoms with Crippen LogP contribution in [0, 0.1) is 17.1 Å². The second-order valence-electron chi connectivity index (χ2n) is 9.13. The number of amides is 2. The standard InChI is InChI=1S/C28H24FN9O2/c1-17(2)24-13-26(38(36-24)20-6-4-18(14-30)5-7-20)35-27(39)33-25-12-21(8-9-22(25)29)40-28-31-11-10-23(34-28)19-15-32-37(3)16-19/h4-13,15-17H,1-3H3,(H2,33,35,39). The molecular formula is C28H24FN9O2. The molecule has 0 bridgehead atoms. The van der Waals surface area contributed by atoms with Gasteiger partial charge in [0.05, 0.1) is 40.6 Å². The number of ether oxygens (including phenoxy) is 1. The number of aromatic nitrogens is 6. The predicted octanol–water partition coefficient (Wildman–Crippen LogP) is 5.63. The van der Waals surface area contributed by atoms with E-state index in [2.05, 4.69) is 36.9 Å². The molecule has 0 saturated heterocycles. The van der Waals surface area contributed by atoms with Crippen LogP contribution >= 0.6 is 0 Å². The number of rotatable bonds is 7. The maximum atomic E-state index is 14.6. The largest absolute Gasteiger partial charge is 0.424 e. The summed E-state index contributed by atoms with van der Waals surface area (Å²) in [6, 6.07) is 15.6. The van der Waals surface area contributed by atoms with Gasteiger partial charge >= 0.3 is 12.0 Å². The van der Waals surface area contributed by atoms with Crippen LogP contribution < -0.4 is 15.4 Å². The van der Waals surface area contributed by atoms with Gasteiger partial charge in [-0.2, -0.15) is 20.4 Å². The van der Waals surface area contributed by atoms with Crippen molar-refractivity contribution in [1.29, 1.82) is 5.26 Å². The van der Waals surface area contributed by atoms with E-state index in [1.807, 2.05) is 20.0 Å². The fraction of sp³-hybridized carbons (Fsp3) is 0.143. The van der Waals surface area contributed by atoms with Gasteiger partial charge in [-0.3, -0.25) is 10.00 Å². The Kier molecular flexibility index (Phi) is 7.19. The number of carbonyl (C=O) groups is 1. The van der Waals surface area contributed by atoms with Crippen LogP contribution in [-0.2, 0) is 7.05 Å². The van der Waals surface area contributed by atoms with E-state index in [1.165, 1.54) is 18.2 Å². The Balaban J connectivity index is 1.33. The van der Waals surface area contributed by atoms with Crippen molar-refractivity contribution in [2.45, 2.75) is 19.8 Å². The number of hydrogen-bond donors (Lipinski definition) is 2. The topological polar surface area (TPSA) is 136 Å². The Morgan fingerprint density at radius 3 is 2.60 bits per heavy atom. The third-order valence-corrected chi connectivity index (χ3v) is 5.83. The van der Waals surface area contributed by atoms with Crippen LogP contribution in [0.2, 0.25) is 0 Å². The van der Waals surface area contributed by atoms with Crippen molar-refractivity contribution < 1.29 is 13.9 Å². The highest BCUT2D eigenvalue weighted by molar-refractivity contribution is 5.99. The fourth-order valence-electron chi connectivity index (χ4n) is 3.79. The molecule has 11 nitrogen and oxygen atoms in total. The molecule has 0 fully saturated rings. The first-order valence-electron chi connectivity index (χ1n) is 12.3. The SMILES string of the molecule is CC(C)c1cc(NC(=O)Nc2cc(Oc3nccc(-c4cnn(C)c4)n3)ccc2F)n(-c2ccc(C#N)cc2)n1. The zero-order chi connectivity index (χ0) is 28.2. The van der Waals surface area contributed by atoms with E-state index in [-0.39, 0.29) is 23.4 Å². The Bertz CT molecular complexity index is 1720. The van der Waals surface area contributed by atoms with Crippen molar-refractivity contribution in [1.82, 2.24) is 29.5 Å². The molecule has 0 spiro atoms. The van der Waals surface area contributed by atoms with Gasteiger partial charge in [-0.1, -0.05) is 13.8 Å². The first-order chi connectivity index (χ1) is 19.3. The van der Waals surface area contributed by atoms with Crippen LogP contribution in [0.15, 0.2) is 73.2 Å². The van der Waals surface area contributed by atoms with Crippen molar-refractivity contribution in [2.75, 3.05) is 10.6 Å². The highest BCUT2D eigenvalue weighted by atomic mass is 19.1. The Morgan fingerprint density at radius 2 is 1.90 bits per heavy atom. The quantitative estimate of drug-likeness (QED) is 0.274. The molecule has 0 radical (unpaired) electrons. The molecule has 2 N–H and O–H groups in total. The summed E-state index contributed by atoms with van der Waals surface area (Å²) in [7, 11) is 1.80. The van der Waals surface area contributed by atoms with Gasteiger partial charge < -0.3 is 10.1 Å². The van der Waals surface area contributed by atoms with Crippen molar-refractivity contribution in [2.24, 2.45) is 7.05 Å². The summed E-state index contributed by atoms with van der Waals surface area (Å²) >= 11 is 0. The molecule has 5 rings (SSSR count). The number of nitriles is 1. The number of benzene rings is 2. The van der Waals surface area contributed by atoms with E-state index >= 15 is 0 Å². The summed E-state index contributed by atoms with van der Waals surface area (Å²) in [4.78, 5) is 21.4. The van der Waals surface area contributed by atoms with Gasteiger partial charge in [-0.05, 0) is 48.4 Å². The van der Waals surface area contributed by atoms with E-state index in [0.29, 0.717) is 22.8 Å². The van der Waals surface area contributed by atoms with Crippen molar-refractivity contribution in [3.63, 3.8) is 0 Å². The number of hydrogen-bond acceptors (Lipinski definition) is 7. The van der Waals surface area contributed by atoms with Crippen LogP contribution in [0.3, 0.4) is 0 Å². The number of nitrogens with zero attached hydrogens (tertiary/aromatic N) is 7. The second-order valence-corrected chi connectivity index (χ2v) is 9.13. The predicted molar refractivity (Wildman–Crippen MR) is 146 cm³/mol. The summed E-state index contributed by atoms with van der Waals surface area (Å²) in [5.74, 6) is 0.0356. The van der Waals surface area contributed by atoms with E-state index in [0.717, 1.165) is 11.3 Å². The molecule has 5 aromatic rings. The third-order valence-electron chi connectivity index (χ3n) is 5.83. The lowest BCUT2D eigenvalue weighted by atomic mass is 10.1. The first-order valence-corrected chi connectivity index (χ1v) is 12.3. The molecule has 3 aromatic heterocycles. The summed E-state index contributed by atoms with van der Waals surface area (Å²) in [6.45, 7) is 3.96. The van der Waals surface area contributed by atoms with Gasteiger partial charge in [-0.15, -0.1) is 0 Å². The van der Waals surface area contributed by atoms with Crippen LogP contribution in [0.5, 0.6) is 11.8 Å². The highest BCUT2D eigenvalue weighted by Gasteiger charge is 2.16. The van der Waals surface area contributed by atoms with Gasteiger partial charge in [0.1, 0.15) is 17.4 Å². The van der Waals surface area contributed by atoms with Gasteiger partial charge in [0.15, 0.2) is 0 Å². The molecular weight excluding hydrogens is 513 g/mol. The zero-order valence-corrected chi connectivity index (χ0v) is 21.8. The monoisotopic (exact) mass is 537 g/mol. The maximum Gasteiger partial charge on any atom is 0.324 e. The highest BCUT2D eigenvalue weighted by Crippen LogP contribution is 2.27. The lowest BCUT2D eigenvalue weighted by Gasteiger charge is -2.12. The molecule has 0 unspecified atom stereocenters. The molecule has 12 heteroatoms. The minimum atomic E-state index is -0.684. The summed E-state index contributed by atoms with van der Waals surface area (Å²) in [5.41, 5.74) is 3.18. The lowest BCUT2D eigenvalue weighted by molar-refractivity contribution is 0.262. The minimum absolute atomic E-state index is 0.0518. The maximum absolute atomic E-state index is 14.6. The fourth-order valence-corrected chi connectivity index (χ4v) is 3.79. The van der Waals surface area contributed by atoms with Crippen molar-refractivity contribution in [3.05, 3.63) is 90.3 Å². The number of aryl methyl sites for hydroxylation is 1. The molecule has 0 aliphatic carbocycles. The van der Waals surface area contributed by atoms with Crippen LogP contribution in [0.25, 0.3) is 16.9 Å². The minimum Gasteiger partial charge on any atom is -0.424 e. The molecule has 0 saturated carbocycles. The molecule has 0 aliphatic heterocycles. The van der Waals surface area contributed by atoms with Crippen LogP contribution in [0.4, 0.5) is 20.7 Å². The Morgan fingerprint density at radius 1 is 1.10 bits per heavy atom. The van der Waals surface area contributed by atoms with Gasteiger partial charge in [0.2, 0.25) is 0 Å². The normalized spacial score (nSPS) is 10.8. The number of nitrogens with one attached hydrogen (secondary N) is 2. The summed E-state index contributed by atoms with van der Waals surface area (Å²) in [5, 5.41) is 23.1. The summed E-state index contributed by atoms with van der Waals surface area (Å²) in [6.07, 6.45) is 5.02. The lowest BCUT2D eigenvalue weighted by Crippen LogP contribution is -2.22. The van der Waals surface area contributed by atoms with Crippen molar-refractivity contribution >= 4 is 17.5 Å². The van der Waals surface area contributed by atoms with E-state index < -0.39 is 11.8 Å². The molecule has 2 amide bonds. The molecule has 0 atom stereocenters. The van der Waals surface area contributed by atoms with E-state index in [4.69, 9.17) is 10.00 Å². The molecule has 2 aromatic carbocycles.